The first-order valence-corrected chi connectivity index (χ1v) is 16.5. The van der Waals surface area contributed by atoms with E-state index < -0.39 is 17.5 Å². The molecular weight excluding hydrogens is 595 g/mol. The lowest BCUT2D eigenvalue weighted by Gasteiger charge is -2.34. The number of hydrogen-bond donors (Lipinski definition) is 2. The zero-order chi connectivity index (χ0) is 31.5. The summed E-state index contributed by atoms with van der Waals surface area (Å²) in [5.74, 6) is -1.94. The molecule has 4 aliphatic rings. The summed E-state index contributed by atoms with van der Waals surface area (Å²) < 4.78 is 60.0. The van der Waals surface area contributed by atoms with Crippen LogP contribution < -0.4 is 15.0 Å². The maximum atomic E-state index is 16.8. The first-order chi connectivity index (χ1) is 22.3. The number of nitrogens with zero attached hydrogens (tertiary/aromatic N) is 4. The minimum atomic E-state index is -0.899. The second-order valence-corrected chi connectivity index (χ2v) is 13.2. The van der Waals surface area contributed by atoms with Crippen molar-refractivity contribution in [1.82, 2.24) is 20.2 Å². The number of phenols is 1. The quantitative estimate of drug-likeness (QED) is 0.239. The van der Waals surface area contributed by atoms with Crippen LogP contribution in [0.4, 0.5) is 19.0 Å². The minimum absolute atomic E-state index is 0.0351. The number of aromatic nitrogens is 2. The van der Waals surface area contributed by atoms with Crippen LogP contribution in [0, 0.1) is 17.5 Å². The van der Waals surface area contributed by atoms with E-state index in [1.165, 1.54) is 30.3 Å². The minimum Gasteiger partial charge on any atom is -0.508 e. The lowest BCUT2D eigenvalue weighted by molar-refractivity contribution is -0.0391. The highest BCUT2D eigenvalue weighted by atomic mass is 19.1. The number of ether oxygens (including phenoxy) is 2. The van der Waals surface area contributed by atoms with Gasteiger partial charge in [0.15, 0.2) is 5.82 Å². The molecule has 4 aromatic rings. The Morgan fingerprint density at radius 1 is 0.957 bits per heavy atom. The molecule has 4 atom stereocenters. The third-order valence-electron chi connectivity index (χ3n) is 10.1. The van der Waals surface area contributed by atoms with E-state index in [-0.39, 0.29) is 45.9 Å². The molecule has 4 bridgehead atoms. The SMILES string of the molecule is CCc1c(F)ccc2cc(O)cc(-c3c(F)cc4c(N5CC6CCC(C5)N6)nc(OCCCN5CC6CCC(C5)O6)nc4c3F)c12. The molecule has 242 valence electrons. The number of phenolic OH excluding ortho intramolecular Hbond substituents is 1. The van der Waals surface area contributed by atoms with Crippen LogP contribution in [-0.4, -0.2) is 83.6 Å². The van der Waals surface area contributed by atoms with Crippen molar-refractivity contribution < 1.29 is 27.8 Å². The zero-order valence-corrected chi connectivity index (χ0v) is 25.9. The van der Waals surface area contributed by atoms with Gasteiger partial charge in [-0.15, -0.1) is 0 Å². The Morgan fingerprint density at radius 2 is 1.72 bits per heavy atom. The lowest BCUT2D eigenvalue weighted by atomic mass is 9.91. The van der Waals surface area contributed by atoms with Gasteiger partial charge in [-0.1, -0.05) is 13.0 Å². The topological polar surface area (TPSA) is 83.0 Å². The molecule has 1 aromatic heterocycles. The fraction of sp³-hybridized carbons (Fsp3) is 0.486. The second kappa shape index (κ2) is 11.8. The molecule has 4 saturated heterocycles. The van der Waals surface area contributed by atoms with Crippen molar-refractivity contribution in [3.63, 3.8) is 0 Å². The molecule has 0 spiro atoms. The van der Waals surface area contributed by atoms with Crippen molar-refractivity contribution in [1.29, 1.82) is 0 Å². The van der Waals surface area contributed by atoms with Crippen molar-refractivity contribution in [2.75, 3.05) is 44.2 Å². The Hall–Kier alpha value is -3.67. The van der Waals surface area contributed by atoms with E-state index in [1.54, 1.807) is 6.92 Å². The number of benzene rings is 3. The van der Waals surface area contributed by atoms with E-state index in [2.05, 4.69) is 20.1 Å². The Kier molecular flexibility index (Phi) is 7.65. The molecular formula is C35H38F3N5O3. The van der Waals surface area contributed by atoms with E-state index in [9.17, 15) is 9.50 Å². The summed E-state index contributed by atoms with van der Waals surface area (Å²) in [4.78, 5) is 13.7. The van der Waals surface area contributed by atoms with Crippen molar-refractivity contribution in [2.24, 2.45) is 0 Å². The summed E-state index contributed by atoms with van der Waals surface area (Å²) in [7, 11) is 0. The number of fused-ring (bicyclic) bond motifs is 6. The first kappa shape index (κ1) is 29.7. The van der Waals surface area contributed by atoms with Crippen molar-refractivity contribution >= 4 is 27.5 Å². The number of aryl methyl sites for hydroxylation is 1. The van der Waals surface area contributed by atoms with Gasteiger partial charge in [0, 0.05) is 50.2 Å². The predicted molar refractivity (Wildman–Crippen MR) is 170 cm³/mol. The van der Waals surface area contributed by atoms with E-state index in [4.69, 9.17) is 14.5 Å². The number of likely N-dealkylation sites (tertiary alicyclic amines) is 1. The fourth-order valence-corrected chi connectivity index (χ4v) is 8.06. The number of morpholine rings is 1. The summed E-state index contributed by atoms with van der Waals surface area (Å²) in [6.45, 7) is 6.13. The highest BCUT2D eigenvalue weighted by molar-refractivity contribution is 6.03. The molecule has 0 saturated carbocycles. The van der Waals surface area contributed by atoms with Crippen LogP contribution >= 0.6 is 0 Å². The maximum absolute atomic E-state index is 16.8. The van der Waals surface area contributed by atoms with Gasteiger partial charge in [-0.25, -0.2) is 13.2 Å². The third-order valence-corrected chi connectivity index (χ3v) is 10.1. The van der Waals surface area contributed by atoms with Gasteiger partial charge >= 0.3 is 6.01 Å². The first-order valence-electron chi connectivity index (χ1n) is 16.5. The fourth-order valence-electron chi connectivity index (χ4n) is 8.06. The number of piperazine rings is 1. The van der Waals surface area contributed by atoms with Crippen LogP contribution in [0.1, 0.15) is 44.6 Å². The van der Waals surface area contributed by atoms with Crippen LogP contribution in [0.2, 0.25) is 0 Å². The number of rotatable bonds is 8. The zero-order valence-electron chi connectivity index (χ0n) is 25.9. The van der Waals surface area contributed by atoms with E-state index in [0.29, 0.717) is 60.5 Å². The molecule has 8 nitrogen and oxygen atoms in total. The van der Waals surface area contributed by atoms with Gasteiger partial charge in [0.1, 0.15) is 28.7 Å². The van der Waals surface area contributed by atoms with Gasteiger partial charge < -0.3 is 24.8 Å². The van der Waals surface area contributed by atoms with Gasteiger partial charge in [0.05, 0.1) is 24.4 Å². The molecule has 0 amide bonds. The van der Waals surface area contributed by atoms with Crippen molar-refractivity contribution in [3.05, 3.63) is 53.3 Å². The highest BCUT2D eigenvalue weighted by Crippen LogP contribution is 2.42. The van der Waals surface area contributed by atoms with Crippen molar-refractivity contribution in [2.45, 2.75) is 69.7 Å². The van der Waals surface area contributed by atoms with Gasteiger partial charge in [0.2, 0.25) is 0 Å². The molecule has 4 unspecified atom stereocenters. The molecule has 0 aliphatic carbocycles. The smallest absolute Gasteiger partial charge is 0.319 e. The molecule has 4 aliphatic heterocycles. The molecule has 11 heteroatoms. The Morgan fingerprint density at radius 3 is 2.46 bits per heavy atom. The summed E-state index contributed by atoms with van der Waals surface area (Å²) in [6, 6.07) is 7.43. The second-order valence-electron chi connectivity index (χ2n) is 13.2. The molecule has 46 heavy (non-hydrogen) atoms. The molecule has 8 rings (SSSR count). The van der Waals surface area contributed by atoms with Crippen molar-refractivity contribution in [3.8, 4) is 22.9 Å². The summed E-state index contributed by atoms with van der Waals surface area (Å²) in [5, 5.41) is 15.3. The van der Waals surface area contributed by atoms with Gasteiger partial charge in [-0.3, -0.25) is 4.90 Å². The average molecular weight is 634 g/mol. The Labute approximate surface area is 265 Å². The number of halogens is 3. The number of hydrogen-bond acceptors (Lipinski definition) is 8. The predicted octanol–water partition coefficient (Wildman–Crippen LogP) is 5.71. The third kappa shape index (κ3) is 5.32. The van der Waals surface area contributed by atoms with Gasteiger partial charge in [-0.2, -0.15) is 9.97 Å². The summed E-state index contributed by atoms with van der Waals surface area (Å²) in [6.07, 6.45) is 5.96. The monoisotopic (exact) mass is 633 g/mol. The van der Waals surface area contributed by atoms with Crippen LogP contribution in [0.3, 0.4) is 0 Å². The lowest BCUT2D eigenvalue weighted by Crippen LogP contribution is -2.51. The number of aromatic hydroxyl groups is 1. The average Bonchev–Trinajstić information content (AvgIpc) is 3.57. The molecule has 3 aromatic carbocycles. The standard InChI is InChI=1S/C35H38F3N5O3/c1-2-25-28(36)9-4-19-12-22(44)13-26(30(19)25)31-29(37)14-27-33(32(31)38)40-35(41-34(27)43-15-20-5-6-21(16-43)39-20)45-11-3-10-42-17-23-7-8-24(18-42)46-23/h4,9,12-14,20-21,23-24,39,44H,2-3,5-8,10-11,15-18H2,1H3. The van der Waals surface area contributed by atoms with E-state index in [1.807, 2.05) is 0 Å². The molecule has 4 fully saturated rings. The summed E-state index contributed by atoms with van der Waals surface area (Å²) in [5.41, 5.74) is -0.0430. The molecule has 2 N–H and O–H groups in total. The largest absolute Gasteiger partial charge is 0.508 e. The van der Waals surface area contributed by atoms with Gasteiger partial charge in [0.25, 0.3) is 0 Å². The highest BCUT2D eigenvalue weighted by Gasteiger charge is 2.35. The van der Waals surface area contributed by atoms with Gasteiger partial charge in [-0.05, 0) is 84.7 Å². The normalized spacial score (nSPS) is 24.4. The van der Waals surface area contributed by atoms with E-state index >= 15 is 8.78 Å². The van der Waals surface area contributed by atoms with E-state index in [0.717, 1.165) is 51.7 Å². The van der Waals surface area contributed by atoms with Crippen LogP contribution in [0.25, 0.3) is 32.8 Å². The Bertz CT molecular complexity index is 1800. The van der Waals surface area contributed by atoms with Crippen LogP contribution in [-0.2, 0) is 11.2 Å². The van der Waals surface area contributed by atoms with Crippen LogP contribution in [0.15, 0.2) is 30.3 Å². The molecule has 5 heterocycles. The Balaban J connectivity index is 1.19. The summed E-state index contributed by atoms with van der Waals surface area (Å²) >= 11 is 0. The molecule has 0 radical (unpaired) electrons. The number of nitrogens with one attached hydrogen (secondary N) is 1. The van der Waals surface area contributed by atoms with Crippen LogP contribution in [0.5, 0.6) is 11.8 Å². The maximum Gasteiger partial charge on any atom is 0.319 e. The number of anilines is 1.